The van der Waals surface area contributed by atoms with E-state index in [9.17, 15) is 0 Å². The molecule has 2 N–H and O–H groups in total. The lowest BCUT2D eigenvalue weighted by Crippen LogP contribution is -2.17. The Bertz CT molecular complexity index is 1020. The first-order valence-corrected chi connectivity index (χ1v) is 10.2. The Kier molecular flexibility index (Phi) is 6.74. The fourth-order valence-electron chi connectivity index (χ4n) is 2.84. The molecule has 148 valence electrons. The van der Waals surface area contributed by atoms with E-state index < -0.39 is 0 Å². The summed E-state index contributed by atoms with van der Waals surface area (Å²) in [6.07, 6.45) is 0.774. The monoisotopic (exact) mass is 462 g/mol. The molecule has 0 fully saturated rings. The average molecular weight is 463 g/mol. The van der Waals surface area contributed by atoms with Crippen LogP contribution in [0.2, 0.25) is 0 Å². The largest absolute Gasteiger partial charge is 0.493 e. The molecule has 0 aliphatic heterocycles. The lowest BCUT2D eigenvalue weighted by molar-refractivity contribution is 0.284. The summed E-state index contributed by atoms with van der Waals surface area (Å²) in [5.41, 5.74) is 6.64. The van der Waals surface area contributed by atoms with Gasteiger partial charge in [-0.05, 0) is 42.4 Å². The second kappa shape index (κ2) is 9.25. The molecular formula is C20H23BrN4O2S. The number of aromatic amines is 1. The first-order valence-electron chi connectivity index (χ1n) is 8.96. The van der Waals surface area contributed by atoms with Crippen LogP contribution in [-0.2, 0) is 19.6 Å². The summed E-state index contributed by atoms with van der Waals surface area (Å²) in [4.78, 5) is 0. The van der Waals surface area contributed by atoms with Crippen LogP contribution in [-0.4, -0.2) is 22.0 Å². The normalized spacial score (nSPS) is 10.7. The highest BCUT2D eigenvalue weighted by atomic mass is 79.9. The van der Waals surface area contributed by atoms with E-state index in [2.05, 4.69) is 50.6 Å². The van der Waals surface area contributed by atoms with Crippen molar-refractivity contribution in [2.24, 2.45) is 0 Å². The Labute approximate surface area is 178 Å². The van der Waals surface area contributed by atoms with Gasteiger partial charge < -0.3 is 14.9 Å². The van der Waals surface area contributed by atoms with E-state index in [1.54, 1.807) is 11.8 Å². The summed E-state index contributed by atoms with van der Waals surface area (Å²) >= 11 is 8.91. The highest BCUT2D eigenvalue weighted by Gasteiger charge is 2.12. The Hall–Kier alpha value is -2.32. The van der Waals surface area contributed by atoms with Gasteiger partial charge >= 0.3 is 0 Å². The van der Waals surface area contributed by atoms with Crippen LogP contribution in [0, 0.1) is 11.7 Å². The Balaban J connectivity index is 1.75. The number of methoxy groups -OCH3 is 1. The molecule has 0 bridgehead atoms. The molecule has 0 spiro atoms. The van der Waals surface area contributed by atoms with Crippen molar-refractivity contribution in [2.75, 3.05) is 12.5 Å². The Morgan fingerprint density at radius 3 is 2.79 bits per heavy atom. The third-order valence-corrected chi connectivity index (χ3v) is 5.31. The fourth-order valence-corrected chi connectivity index (χ4v) is 3.52. The number of hydrogen-bond donors (Lipinski definition) is 2. The molecule has 1 heterocycles. The predicted octanol–water partition coefficient (Wildman–Crippen LogP) is 4.91. The van der Waals surface area contributed by atoms with Crippen LogP contribution < -0.4 is 14.9 Å². The molecule has 0 aliphatic carbocycles. The fraction of sp³-hybridized carbons (Fsp3) is 0.300. The number of benzene rings is 2. The number of hydrogen-bond acceptors (Lipinski definition) is 5. The first-order chi connectivity index (χ1) is 13.5. The molecular weight excluding hydrogens is 440 g/mol. The molecule has 6 nitrogen and oxygen atoms in total. The van der Waals surface area contributed by atoms with Crippen molar-refractivity contribution in [1.29, 1.82) is 0 Å². The molecule has 1 aromatic heterocycles. The van der Waals surface area contributed by atoms with Crippen LogP contribution >= 0.6 is 28.1 Å². The van der Waals surface area contributed by atoms with Crippen molar-refractivity contribution in [3.63, 3.8) is 0 Å². The Morgan fingerprint density at radius 2 is 2.07 bits per heavy atom. The highest BCUT2D eigenvalue weighted by Crippen LogP contribution is 2.34. The molecule has 0 radical (unpaired) electrons. The van der Waals surface area contributed by atoms with E-state index in [1.165, 1.54) is 5.56 Å². The smallest absolute Gasteiger partial charge is 0.214 e. The van der Waals surface area contributed by atoms with Crippen LogP contribution in [0.1, 0.15) is 29.4 Å². The number of nitrogens with zero attached hydrogens (tertiary/aromatic N) is 2. The summed E-state index contributed by atoms with van der Waals surface area (Å²) in [5.74, 6) is 2.22. The van der Waals surface area contributed by atoms with Gasteiger partial charge in [0.2, 0.25) is 4.77 Å². The molecule has 0 aliphatic rings. The van der Waals surface area contributed by atoms with Gasteiger partial charge in [-0.15, -0.1) is 0 Å². The summed E-state index contributed by atoms with van der Waals surface area (Å²) in [6.45, 7) is 5.13. The third kappa shape index (κ3) is 4.74. The van der Waals surface area contributed by atoms with Gasteiger partial charge in [0.1, 0.15) is 6.61 Å². The minimum atomic E-state index is 0.478. The number of aromatic nitrogens is 3. The van der Waals surface area contributed by atoms with Crippen molar-refractivity contribution in [3.05, 3.63) is 68.2 Å². The molecule has 3 aromatic rings. The molecule has 0 unspecified atom stereocenters. The van der Waals surface area contributed by atoms with Crippen LogP contribution in [0.3, 0.4) is 0 Å². The van der Waals surface area contributed by atoms with Crippen LogP contribution in [0.25, 0.3) is 0 Å². The first kappa shape index (κ1) is 20.4. The van der Waals surface area contributed by atoms with Gasteiger partial charge in [0.05, 0.1) is 13.7 Å². The number of aryl methyl sites for hydroxylation is 2. The Morgan fingerprint density at radius 1 is 1.25 bits per heavy atom. The van der Waals surface area contributed by atoms with Crippen molar-refractivity contribution >= 4 is 28.1 Å². The zero-order chi connectivity index (χ0) is 20.1. The molecule has 0 atom stereocenters. The van der Waals surface area contributed by atoms with E-state index in [4.69, 9.17) is 21.7 Å². The number of rotatable bonds is 8. The molecule has 28 heavy (non-hydrogen) atoms. The highest BCUT2D eigenvalue weighted by molar-refractivity contribution is 9.10. The SMILES string of the molecule is CCc1n[nH]c(=S)n1NCc1cc(OC)c(OCc2cccc(C)c2)cc1Br. The second-order valence-electron chi connectivity index (χ2n) is 6.34. The standard InChI is InChI=1S/C20H23BrN4O2S/c1-4-19-23-24-20(28)25(19)22-11-15-9-17(26-3)18(10-16(15)21)27-12-14-7-5-6-13(2)8-14/h5-10,22H,4,11-12H2,1-3H3,(H,24,28). The maximum absolute atomic E-state index is 6.00. The zero-order valence-corrected chi connectivity index (χ0v) is 18.5. The van der Waals surface area contributed by atoms with Crippen LogP contribution in [0.5, 0.6) is 11.5 Å². The minimum Gasteiger partial charge on any atom is -0.493 e. The van der Waals surface area contributed by atoms with Gasteiger partial charge in [-0.3, -0.25) is 5.10 Å². The van der Waals surface area contributed by atoms with E-state index in [0.29, 0.717) is 29.4 Å². The van der Waals surface area contributed by atoms with Gasteiger partial charge in [0, 0.05) is 10.9 Å². The summed E-state index contributed by atoms with van der Waals surface area (Å²) in [7, 11) is 1.64. The van der Waals surface area contributed by atoms with Crippen LogP contribution in [0.4, 0.5) is 0 Å². The molecule has 3 rings (SSSR count). The lowest BCUT2D eigenvalue weighted by Gasteiger charge is -2.15. The maximum Gasteiger partial charge on any atom is 0.214 e. The number of nitrogens with one attached hydrogen (secondary N) is 2. The van der Waals surface area contributed by atoms with Crippen molar-refractivity contribution in [2.45, 2.75) is 33.4 Å². The van der Waals surface area contributed by atoms with Crippen molar-refractivity contribution in [1.82, 2.24) is 14.9 Å². The molecule has 8 heteroatoms. The minimum absolute atomic E-state index is 0.478. The predicted molar refractivity (Wildman–Crippen MR) is 116 cm³/mol. The molecule has 2 aromatic carbocycles. The lowest BCUT2D eigenvalue weighted by atomic mass is 10.1. The number of ether oxygens (including phenoxy) is 2. The topological polar surface area (TPSA) is 64.1 Å². The van der Waals surface area contributed by atoms with E-state index >= 15 is 0 Å². The van der Waals surface area contributed by atoms with E-state index in [0.717, 1.165) is 27.8 Å². The maximum atomic E-state index is 6.00. The number of halogens is 1. The zero-order valence-electron chi connectivity index (χ0n) is 16.1. The van der Waals surface area contributed by atoms with E-state index in [1.807, 2.05) is 31.2 Å². The van der Waals surface area contributed by atoms with Gasteiger partial charge in [-0.1, -0.05) is 52.7 Å². The molecule has 0 saturated carbocycles. The molecule has 0 amide bonds. The van der Waals surface area contributed by atoms with Crippen molar-refractivity contribution < 1.29 is 9.47 Å². The summed E-state index contributed by atoms with van der Waals surface area (Å²) in [6, 6.07) is 12.1. The van der Waals surface area contributed by atoms with Crippen molar-refractivity contribution in [3.8, 4) is 11.5 Å². The van der Waals surface area contributed by atoms with Gasteiger partial charge in [0.25, 0.3) is 0 Å². The quantitative estimate of drug-likeness (QED) is 0.465. The van der Waals surface area contributed by atoms with Crippen LogP contribution in [0.15, 0.2) is 40.9 Å². The summed E-state index contributed by atoms with van der Waals surface area (Å²) in [5, 5.41) is 7.01. The van der Waals surface area contributed by atoms with Gasteiger partial charge in [0.15, 0.2) is 17.3 Å². The van der Waals surface area contributed by atoms with Gasteiger partial charge in [-0.25, -0.2) is 4.68 Å². The van der Waals surface area contributed by atoms with Gasteiger partial charge in [-0.2, -0.15) is 5.10 Å². The van der Waals surface area contributed by atoms with E-state index in [-0.39, 0.29) is 0 Å². The second-order valence-corrected chi connectivity index (χ2v) is 7.58. The number of H-pyrrole nitrogens is 1. The average Bonchev–Trinajstić information content (AvgIpc) is 3.05. The summed E-state index contributed by atoms with van der Waals surface area (Å²) < 4.78 is 14.8. The third-order valence-electron chi connectivity index (χ3n) is 4.30. The molecule has 0 saturated heterocycles.